The van der Waals surface area contributed by atoms with Gasteiger partial charge in [-0.05, 0) is 50.8 Å². The lowest BCUT2D eigenvalue weighted by atomic mass is 9.97. The monoisotopic (exact) mass is 387 g/mol. The number of allylic oxidation sites excluding steroid dienone is 1. The molecule has 1 aromatic carbocycles. The third-order valence-corrected chi connectivity index (χ3v) is 5.08. The van der Waals surface area contributed by atoms with Crippen molar-refractivity contribution < 1.29 is 23.8 Å². The molecule has 0 bridgehead atoms. The Hall–Kier alpha value is -2.76. The predicted octanol–water partition coefficient (Wildman–Crippen LogP) is 4.47. The summed E-state index contributed by atoms with van der Waals surface area (Å²) in [6.07, 6.45) is 3.79. The SMILES string of the molecule is CCOc1c(/C(C)=C/C(=O)NC(C(=O)O)C(C)CC)cc2c(C)coc2c1C. The molecule has 0 radical (unpaired) electrons. The second kappa shape index (κ2) is 8.95. The van der Waals surface area contributed by atoms with Crippen LogP contribution in [0.25, 0.3) is 16.5 Å². The Morgan fingerprint density at radius 3 is 2.57 bits per heavy atom. The molecule has 1 aromatic heterocycles. The fraction of sp³-hybridized carbons (Fsp3) is 0.455. The standard InChI is InChI=1S/C22H29NO5/c1-7-12(3)19(22(25)26)23-18(24)9-13(4)16-10-17-14(5)11-28-21(17)15(6)20(16)27-8-2/h9-12,19H,7-8H2,1-6H3,(H,23,24)(H,25,26)/b13-9+. The maximum absolute atomic E-state index is 12.5. The van der Waals surface area contributed by atoms with Gasteiger partial charge in [-0.15, -0.1) is 0 Å². The minimum Gasteiger partial charge on any atom is -0.493 e. The number of fused-ring (bicyclic) bond motifs is 1. The maximum atomic E-state index is 12.5. The molecule has 0 fully saturated rings. The molecule has 0 saturated carbocycles. The Kier molecular flexibility index (Phi) is 6.89. The summed E-state index contributed by atoms with van der Waals surface area (Å²) in [4.78, 5) is 24.0. The van der Waals surface area contributed by atoms with E-state index < -0.39 is 17.9 Å². The molecule has 0 spiro atoms. The molecular weight excluding hydrogens is 358 g/mol. The van der Waals surface area contributed by atoms with E-state index in [2.05, 4.69) is 5.32 Å². The topological polar surface area (TPSA) is 88.8 Å². The molecule has 0 aliphatic carbocycles. The Balaban J connectivity index is 2.43. The third kappa shape index (κ3) is 4.38. The van der Waals surface area contributed by atoms with Crippen molar-refractivity contribution in [3.63, 3.8) is 0 Å². The summed E-state index contributed by atoms with van der Waals surface area (Å²) in [5.74, 6) is -0.965. The van der Waals surface area contributed by atoms with E-state index in [0.717, 1.165) is 27.7 Å². The van der Waals surface area contributed by atoms with Crippen LogP contribution in [0.1, 0.15) is 50.8 Å². The van der Waals surface area contributed by atoms with E-state index in [1.807, 2.05) is 47.6 Å². The highest BCUT2D eigenvalue weighted by Crippen LogP contribution is 2.37. The van der Waals surface area contributed by atoms with Gasteiger partial charge in [0.1, 0.15) is 17.4 Å². The first kappa shape index (κ1) is 21.5. The number of carboxylic acid groups (broad SMARTS) is 1. The number of rotatable bonds is 8. The Labute approximate surface area is 165 Å². The quantitative estimate of drug-likeness (QED) is 0.653. The molecule has 6 heteroatoms. The van der Waals surface area contributed by atoms with E-state index in [1.165, 1.54) is 6.08 Å². The van der Waals surface area contributed by atoms with Crippen LogP contribution in [0.5, 0.6) is 5.75 Å². The summed E-state index contributed by atoms with van der Waals surface area (Å²) in [6, 6.07) is 1.03. The van der Waals surface area contributed by atoms with Gasteiger partial charge in [0, 0.05) is 22.6 Å². The molecule has 2 rings (SSSR count). The van der Waals surface area contributed by atoms with E-state index in [4.69, 9.17) is 9.15 Å². The molecule has 1 amide bonds. The molecule has 2 unspecified atom stereocenters. The maximum Gasteiger partial charge on any atom is 0.326 e. The zero-order valence-electron chi connectivity index (χ0n) is 17.4. The van der Waals surface area contributed by atoms with Gasteiger partial charge in [0.2, 0.25) is 5.91 Å². The lowest BCUT2D eigenvalue weighted by Crippen LogP contribution is -2.44. The minimum atomic E-state index is -1.03. The van der Waals surface area contributed by atoms with Gasteiger partial charge in [0.15, 0.2) is 0 Å². The molecule has 1 heterocycles. The van der Waals surface area contributed by atoms with Crippen molar-refractivity contribution >= 4 is 28.4 Å². The van der Waals surface area contributed by atoms with E-state index in [1.54, 1.807) is 6.26 Å². The van der Waals surface area contributed by atoms with E-state index in [0.29, 0.717) is 24.4 Å². The lowest BCUT2D eigenvalue weighted by Gasteiger charge is -2.19. The summed E-state index contributed by atoms with van der Waals surface area (Å²) in [5, 5.41) is 13.0. The number of carbonyl (C=O) groups excluding carboxylic acids is 1. The molecule has 2 aromatic rings. The molecule has 28 heavy (non-hydrogen) atoms. The lowest BCUT2D eigenvalue weighted by molar-refractivity contribution is -0.142. The van der Waals surface area contributed by atoms with Crippen LogP contribution in [0.4, 0.5) is 0 Å². The van der Waals surface area contributed by atoms with Crippen molar-refractivity contribution in [2.45, 2.75) is 54.0 Å². The fourth-order valence-electron chi connectivity index (χ4n) is 3.21. The summed E-state index contributed by atoms with van der Waals surface area (Å²) >= 11 is 0. The fourth-order valence-corrected chi connectivity index (χ4v) is 3.21. The molecule has 0 aliphatic rings. The van der Waals surface area contributed by atoms with Crippen LogP contribution in [-0.4, -0.2) is 29.6 Å². The van der Waals surface area contributed by atoms with E-state index >= 15 is 0 Å². The van der Waals surface area contributed by atoms with Crippen molar-refractivity contribution in [2.24, 2.45) is 5.92 Å². The second-order valence-electron chi connectivity index (χ2n) is 7.14. The molecular formula is C22H29NO5. The van der Waals surface area contributed by atoms with Crippen LogP contribution in [0.2, 0.25) is 0 Å². The van der Waals surface area contributed by atoms with Crippen molar-refractivity contribution in [1.29, 1.82) is 0 Å². The third-order valence-electron chi connectivity index (χ3n) is 5.08. The highest BCUT2D eigenvalue weighted by molar-refractivity contribution is 5.99. The number of aliphatic carboxylic acids is 1. The molecule has 0 saturated heterocycles. The number of benzene rings is 1. The Morgan fingerprint density at radius 1 is 1.32 bits per heavy atom. The highest BCUT2D eigenvalue weighted by atomic mass is 16.5. The van der Waals surface area contributed by atoms with Crippen LogP contribution in [0.15, 0.2) is 22.8 Å². The smallest absolute Gasteiger partial charge is 0.326 e. The first-order valence-electron chi connectivity index (χ1n) is 9.57. The van der Waals surface area contributed by atoms with Crippen LogP contribution in [0.3, 0.4) is 0 Å². The number of amides is 1. The van der Waals surface area contributed by atoms with E-state index in [-0.39, 0.29) is 5.92 Å². The van der Waals surface area contributed by atoms with Gasteiger partial charge < -0.3 is 19.6 Å². The molecule has 0 aliphatic heterocycles. The van der Waals surface area contributed by atoms with Gasteiger partial charge in [0.05, 0.1) is 12.9 Å². The summed E-state index contributed by atoms with van der Waals surface area (Å²) in [5.41, 5.74) is 4.13. The Morgan fingerprint density at radius 2 is 2.00 bits per heavy atom. The number of carbonyl (C=O) groups is 2. The van der Waals surface area contributed by atoms with Gasteiger partial charge in [-0.25, -0.2) is 4.79 Å². The zero-order chi connectivity index (χ0) is 21.0. The minimum absolute atomic E-state index is 0.165. The summed E-state index contributed by atoms with van der Waals surface area (Å²) in [6.45, 7) is 11.8. The van der Waals surface area contributed by atoms with Gasteiger partial charge in [0.25, 0.3) is 0 Å². The largest absolute Gasteiger partial charge is 0.493 e. The van der Waals surface area contributed by atoms with Crippen LogP contribution < -0.4 is 10.1 Å². The van der Waals surface area contributed by atoms with Crippen LogP contribution >= 0.6 is 0 Å². The molecule has 6 nitrogen and oxygen atoms in total. The highest BCUT2D eigenvalue weighted by Gasteiger charge is 2.25. The summed E-state index contributed by atoms with van der Waals surface area (Å²) < 4.78 is 11.5. The number of carboxylic acids is 1. The number of ether oxygens (including phenoxy) is 1. The van der Waals surface area contributed by atoms with Gasteiger partial charge in [-0.2, -0.15) is 0 Å². The number of furan rings is 1. The normalized spacial score (nSPS) is 14.0. The van der Waals surface area contributed by atoms with Crippen molar-refractivity contribution in [2.75, 3.05) is 6.61 Å². The molecule has 2 atom stereocenters. The first-order valence-corrected chi connectivity index (χ1v) is 9.57. The second-order valence-corrected chi connectivity index (χ2v) is 7.14. The molecule has 2 N–H and O–H groups in total. The number of hydrogen-bond acceptors (Lipinski definition) is 4. The summed E-state index contributed by atoms with van der Waals surface area (Å²) in [7, 11) is 0. The predicted molar refractivity (Wildman–Crippen MR) is 110 cm³/mol. The average molecular weight is 387 g/mol. The van der Waals surface area contributed by atoms with Gasteiger partial charge in [-0.1, -0.05) is 20.3 Å². The number of aryl methyl sites for hydroxylation is 2. The van der Waals surface area contributed by atoms with Gasteiger partial charge in [-0.3, -0.25) is 4.79 Å². The van der Waals surface area contributed by atoms with Crippen molar-refractivity contribution in [3.05, 3.63) is 35.1 Å². The van der Waals surface area contributed by atoms with Gasteiger partial charge >= 0.3 is 5.97 Å². The zero-order valence-corrected chi connectivity index (χ0v) is 17.4. The van der Waals surface area contributed by atoms with E-state index in [9.17, 15) is 14.7 Å². The Bertz CT molecular complexity index is 909. The average Bonchev–Trinajstić information content (AvgIpc) is 3.02. The number of nitrogens with one attached hydrogen (secondary N) is 1. The van der Waals surface area contributed by atoms with Crippen molar-refractivity contribution in [1.82, 2.24) is 5.32 Å². The van der Waals surface area contributed by atoms with Crippen LogP contribution in [0, 0.1) is 19.8 Å². The number of hydrogen-bond donors (Lipinski definition) is 2. The van der Waals surface area contributed by atoms with Crippen LogP contribution in [-0.2, 0) is 9.59 Å². The van der Waals surface area contributed by atoms with Crippen molar-refractivity contribution in [3.8, 4) is 5.75 Å². The molecule has 152 valence electrons. The first-order chi connectivity index (χ1) is 13.2.